The molecule has 0 heterocycles. The number of hydrogen-bond donors (Lipinski definition) is 2. The molecule has 0 saturated heterocycles. The molecule has 1 aromatic rings. The van der Waals surface area contributed by atoms with Gasteiger partial charge in [-0.05, 0) is 50.9 Å². The molecule has 0 bridgehead atoms. The molecule has 1 aromatic carbocycles. The number of unbranched alkanes of at least 4 members (excludes halogenated alkanes) is 2. The molecule has 1 rings (SSSR count). The van der Waals surface area contributed by atoms with Crippen molar-refractivity contribution < 1.29 is 10.2 Å². The van der Waals surface area contributed by atoms with Crippen molar-refractivity contribution in [3.05, 3.63) is 34.9 Å². The Hall–Kier alpha value is -0.610. The van der Waals surface area contributed by atoms with Crippen LogP contribution in [0.5, 0.6) is 0 Å². The molecular weight excluding hydrogens is 262 g/mol. The maximum atomic E-state index is 10.1. The van der Waals surface area contributed by atoms with Crippen molar-refractivity contribution in [2.24, 2.45) is 0 Å². The fraction of sp³-hybridized carbons (Fsp3) is 0.600. The zero-order valence-electron chi connectivity index (χ0n) is 11.6. The van der Waals surface area contributed by atoms with E-state index in [2.05, 4.69) is 11.9 Å². The second-order valence-electron chi connectivity index (χ2n) is 4.91. The summed E-state index contributed by atoms with van der Waals surface area (Å²) >= 11 is 6.06. The molecule has 0 saturated carbocycles. The van der Waals surface area contributed by atoms with Crippen LogP contribution in [0.2, 0.25) is 5.02 Å². The SMILES string of the molecule is CN(CCCCCO)CCC(O)c1ccccc1Cl. The van der Waals surface area contributed by atoms with Gasteiger partial charge in [0.1, 0.15) is 0 Å². The summed E-state index contributed by atoms with van der Waals surface area (Å²) in [6.07, 6.45) is 3.18. The first-order valence-electron chi connectivity index (χ1n) is 6.87. The molecule has 4 heteroatoms. The van der Waals surface area contributed by atoms with Crippen LogP contribution in [-0.4, -0.2) is 41.9 Å². The van der Waals surface area contributed by atoms with Crippen molar-refractivity contribution in [3.63, 3.8) is 0 Å². The van der Waals surface area contributed by atoms with Crippen molar-refractivity contribution in [2.45, 2.75) is 31.8 Å². The number of halogens is 1. The van der Waals surface area contributed by atoms with E-state index in [-0.39, 0.29) is 6.61 Å². The van der Waals surface area contributed by atoms with Gasteiger partial charge in [0.25, 0.3) is 0 Å². The summed E-state index contributed by atoms with van der Waals surface area (Å²) in [5.74, 6) is 0. The van der Waals surface area contributed by atoms with Gasteiger partial charge >= 0.3 is 0 Å². The summed E-state index contributed by atoms with van der Waals surface area (Å²) in [6.45, 7) is 2.11. The van der Waals surface area contributed by atoms with Crippen molar-refractivity contribution in [2.75, 3.05) is 26.7 Å². The van der Waals surface area contributed by atoms with Crippen LogP contribution in [0.25, 0.3) is 0 Å². The molecule has 0 spiro atoms. The Bertz CT molecular complexity index is 360. The molecule has 1 unspecified atom stereocenters. The molecule has 0 amide bonds. The van der Waals surface area contributed by atoms with Crippen LogP contribution in [0, 0.1) is 0 Å². The lowest BCUT2D eigenvalue weighted by atomic mass is 10.1. The molecule has 2 N–H and O–H groups in total. The molecule has 0 aliphatic carbocycles. The fourth-order valence-corrected chi connectivity index (χ4v) is 2.29. The number of aliphatic hydroxyl groups is 2. The zero-order valence-corrected chi connectivity index (χ0v) is 12.3. The van der Waals surface area contributed by atoms with Crippen molar-refractivity contribution >= 4 is 11.6 Å². The van der Waals surface area contributed by atoms with Crippen LogP contribution >= 0.6 is 11.6 Å². The Morgan fingerprint density at radius 3 is 2.58 bits per heavy atom. The maximum Gasteiger partial charge on any atom is 0.0816 e. The van der Waals surface area contributed by atoms with E-state index in [0.717, 1.165) is 37.9 Å². The topological polar surface area (TPSA) is 43.7 Å². The third-order valence-electron chi connectivity index (χ3n) is 3.25. The van der Waals surface area contributed by atoms with Crippen molar-refractivity contribution in [1.29, 1.82) is 0 Å². The molecule has 19 heavy (non-hydrogen) atoms. The lowest BCUT2D eigenvalue weighted by Crippen LogP contribution is -2.22. The Balaban J connectivity index is 2.26. The zero-order chi connectivity index (χ0) is 14.1. The summed E-state index contributed by atoms with van der Waals surface area (Å²) in [7, 11) is 2.05. The number of rotatable bonds is 9. The Kier molecular flexibility index (Phi) is 8.07. The average Bonchev–Trinajstić information content (AvgIpc) is 2.41. The highest BCUT2D eigenvalue weighted by Crippen LogP contribution is 2.24. The number of benzene rings is 1. The quantitative estimate of drug-likeness (QED) is 0.686. The van der Waals surface area contributed by atoms with E-state index >= 15 is 0 Å². The summed E-state index contributed by atoms with van der Waals surface area (Å²) in [4.78, 5) is 2.21. The van der Waals surface area contributed by atoms with E-state index in [1.165, 1.54) is 0 Å². The van der Waals surface area contributed by atoms with E-state index in [0.29, 0.717) is 11.4 Å². The molecule has 3 nitrogen and oxygen atoms in total. The summed E-state index contributed by atoms with van der Waals surface area (Å²) < 4.78 is 0. The minimum atomic E-state index is -0.506. The third-order valence-corrected chi connectivity index (χ3v) is 3.59. The van der Waals surface area contributed by atoms with Crippen LogP contribution in [0.1, 0.15) is 37.4 Å². The van der Waals surface area contributed by atoms with Gasteiger partial charge in [-0.1, -0.05) is 29.8 Å². The monoisotopic (exact) mass is 285 g/mol. The maximum absolute atomic E-state index is 10.1. The number of nitrogens with zero attached hydrogens (tertiary/aromatic N) is 1. The number of hydrogen-bond acceptors (Lipinski definition) is 3. The van der Waals surface area contributed by atoms with E-state index in [1.54, 1.807) is 6.07 Å². The van der Waals surface area contributed by atoms with Gasteiger partial charge in [-0.3, -0.25) is 0 Å². The van der Waals surface area contributed by atoms with Gasteiger partial charge in [0, 0.05) is 18.2 Å². The molecule has 0 radical (unpaired) electrons. The lowest BCUT2D eigenvalue weighted by molar-refractivity contribution is 0.148. The summed E-state index contributed by atoms with van der Waals surface area (Å²) in [5.41, 5.74) is 0.804. The second-order valence-corrected chi connectivity index (χ2v) is 5.32. The van der Waals surface area contributed by atoms with Gasteiger partial charge in [0.05, 0.1) is 6.10 Å². The van der Waals surface area contributed by atoms with Crippen molar-refractivity contribution in [1.82, 2.24) is 4.90 Å². The van der Waals surface area contributed by atoms with Gasteiger partial charge in [-0.15, -0.1) is 0 Å². The minimum absolute atomic E-state index is 0.273. The van der Waals surface area contributed by atoms with Gasteiger partial charge in [0.15, 0.2) is 0 Å². The largest absolute Gasteiger partial charge is 0.396 e. The normalized spacial score (nSPS) is 12.9. The van der Waals surface area contributed by atoms with Crippen LogP contribution in [-0.2, 0) is 0 Å². The molecule has 1 atom stereocenters. The van der Waals surface area contributed by atoms with Gasteiger partial charge < -0.3 is 15.1 Å². The van der Waals surface area contributed by atoms with Crippen molar-refractivity contribution in [3.8, 4) is 0 Å². The van der Waals surface area contributed by atoms with Crippen LogP contribution in [0.3, 0.4) is 0 Å². The third kappa shape index (κ3) is 6.39. The predicted molar refractivity (Wildman–Crippen MR) is 79.5 cm³/mol. The molecule has 0 aromatic heterocycles. The van der Waals surface area contributed by atoms with E-state index < -0.39 is 6.10 Å². The van der Waals surface area contributed by atoms with Crippen LogP contribution < -0.4 is 0 Å². The summed E-state index contributed by atoms with van der Waals surface area (Å²) in [5, 5.41) is 19.4. The first-order valence-corrected chi connectivity index (χ1v) is 7.25. The highest BCUT2D eigenvalue weighted by Gasteiger charge is 2.11. The minimum Gasteiger partial charge on any atom is -0.396 e. The molecule has 0 aliphatic rings. The van der Waals surface area contributed by atoms with Gasteiger partial charge in [-0.2, -0.15) is 0 Å². The van der Waals surface area contributed by atoms with Crippen LogP contribution in [0.15, 0.2) is 24.3 Å². The fourth-order valence-electron chi connectivity index (χ4n) is 2.03. The first-order chi connectivity index (χ1) is 9.15. The van der Waals surface area contributed by atoms with Gasteiger partial charge in [-0.25, -0.2) is 0 Å². The average molecular weight is 286 g/mol. The number of aliphatic hydroxyl groups excluding tert-OH is 2. The smallest absolute Gasteiger partial charge is 0.0816 e. The standard InChI is InChI=1S/C15H24ClNO2/c1-17(10-5-2-6-12-18)11-9-15(19)13-7-3-4-8-14(13)16/h3-4,7-8,15,18-19H,2,5-6,9-12H2,1H3. The Labute approximate surface area is 120 Å². The first kappa shape index (κ1) is 16.4. The highest BCUT2D eigenvalue weighted by atomic mass is 35.5. The predicted octanol–water partition coefficient (Wildman–Crippen LogP) is 2.86. The van der Waals surface area contributed by atoms with E-state index in [1.807, 2.05) is 18.2 Å². The van der Waals surface area contributed by atoms with Crippen LogP contribution in [0.4, 0.5) is 0 Å². The molecular formula is C15H24ClNO2. The van der Waals surface area contributed by atoms with E-state index in [9.17, 15) is 5.11 Å². The van der Waals surface area contributed by atoms with Gasteiger partial charge in [0.2, 0.25) is 0 Å². The Morgan fingerprint density at radius 1 is 1.16 bits per heavy atom. The summed E-state index contributed by atoms with van der Waals surface area (Å²) in [6, 6.07) is 7.43. The molecule has 0 fully saturated rings. The second kappa shape index (κ2) is 9.32. The Morgan fingerprint density at radius 2 is 1.89 bits per heavy atom. The van der Waals surface area contributed by atoms with E-state index in [4.69, 9.17) is 16.7 Å². The molecule has 108 valence electrons. The molecule has 0 aliphatic heterocycles. The lowest BCUT2D eigenvalue weighted by Gasteiger charge is -2.19. The highest BCUT2D eigenvalue weighted by molar-refractivity contribution is 6.31.